The van der Waals surface area contributed by atoms with Crippen LogP contribution in [0.5, 0.6) is 0 Å². The topological polar surface area (TPSA) is 20.2 Å². The molecule has 1 N–H and O–H groups in total. The maximum absolute atomic E-state index is 10.0. The summed E-state index contributed by atoms with van der Waals surface area (Å²) in [7, 11) is 0. The molecule has 0 radical (unpaired) electrons. The lowest BCUT2D eigenvalue weighted by Crippen LogP contribution is -2.05. The highest BCUT2D eigenvalue weighted by Crippen LogP contribution is 2.15. The van der Waals surface area contributed by atoms with Crippen molar-refractivity contribution in [2.75, 3.05) is 0 Å². The van der Waals surface area contributed by atoms with Gasteiger partial charge in [-0.05, 0) is 25.7 Å². The van der Waals surface area contributed by atoms with Crippen LogP contribution in [0.15, 0.2) is 0 Å². The highest BCUT2D eigenvalue weighted by molar-refractivity contribution is 4.83. The van der Waals surface area contributed by atoms with Gasteiger partial charge in [-0.15, -0.1) is 24.7 Å². The van der Waals surface area contributed by atoms with Gasteiger partial charge in [0.15, 0.2) is 0 Å². The fraction of sp³-hybridized carbons (Fsp3) is 0.826. The Morgan fingerprint density at radius 1 is 0.500 bits per heavy atom. The number of terminal acetylenes is 2. The minimum Gasteiger partial charge on any atom is -0.393 e. The molecule has 0 rings (SSSR count). The summed E-state index contributed by atoms with van der Waals surface area (Å²) >= 11 is 0. The number of hydrogen-bond donors (Lipinski definition) is 1. The van der Waals surface area contributed by atoms with Crippen LogP contribution < -0.4 is 0 Å². The zero-order valence-corrected chi connectivity index (χ0v) is 15.9. The molecule has 0 aliphatic heterocycles. The van der Waals surface area contributed by atoms with Gasteiger partial charge in [-0.3, -0.25) is 0 Å². The second-order valence-corrected chi connectivity index (χ2v) is 7.09. The van der Waals surface area contributed by atoms with Gasteiger partial charge >= 0.3 is 0 Å². The van der Waals surface area contributed by atoms with Crippen molar-refractivity contribution >= 4 is 0 Å². The monoisotopic (exact) mass is 332 g/mol. The third kappa shape index (κ3) is 19.1. The molecule has 0 heterocycles. The lowest BCUT2D eigenvalue weighted by atomic mass is 10.0. The Kier molecular flexibility index (Phi) is 19.4. The van der Waals surface area contributed by atoms with E-state index in [1.807, 2.05) is 0 Å². The standard InChI is InChI=1S/C23H40O/c1-3-5-7-9-11-13-14-16-18-20-22-23(24)21-19-17-15-12-10-8-6-4-2/h1-2,23-24H,5-22H2. The first-order valence-electron chi connectivity index (χ1n) is 10.4. The van der Waals surface area contributed by atoms with Crippen molar-refractivity contribution in [3.05, 3.63) is 0 Å². The number of unbranched alkanes of at least 4 members (excludes halogenated alkanes) is 14. The largest absolute Gasteiger partial charge is 0.393 e. The molecule has 0 bridgehead atoms. The van der Waals surface area contributed by atoms with Crippen molar-refractivity contribution in [1.29, 1.82) is 0 Å². The van der Waals surface area contributed by atoms with Crippen LogP contribution in [0.4, 0.5) is 0 Å². The third-order valence-corrected chi connectivity index (χ3v) is 4.72. The van der Waals surface area contributed by atoms with Crippen LogP contribution in [-0.4, -0.2) is 11.2 Å². The Morgan fingerprint density at radius 2 is 0.792 bits per heavy atom. The second kappa shape index (κ2) is 20.1. The van der Waals surface area contributed by atoms with Gasteiger partial charge in [0.25, 0.3) is 0 Å². The average Bonchev–Trinajstić information content (AvgIpc) is 2.59. The van der Waals surface area contributed by atoms with Crippen molar-refractivity contribution in [2.45, 2.75) is 122 Å². The van der Waals surface area contributed by atoms with Crippen molar-refractivity contribution < 1.29 is 5.11 Å². The van der Waals surface area contributed by atoms with E-state index in [1.54, 1.807) is 0 Å². The predicted octanol–water partition coefficient (Wildman–Crippen LogP) is 6.64. The van der Waals surface area contributed by atoms with Gasteiger partial charge in [-0.2, -0.15) is 0 Å². The summed E-state index contributed by atoms with van der Waals surface area (Å²) in [5.74, 6) is 5.39. The normalized spacial score (nSPS) is 11.8. The van der Waals surface area contributed by atoms with Gasteiger partial charge in [0.1, 0.15) is 0 Å². The molecular formula is C23H40O. The summed E-state index contributed by atoms with van der Waals surface area (Å²) in [4.78, 5) is 0. The maximum atomic E-state index is 10.0. The smallest absolute Gasteiger partial charge is 0.0540 e. The Hall–Kier alpha value is -0.920. The zero-order chi connectivity index (χ0) is 17.7. The van der Waals surface area contributed by atoms with Crippen LogP contribution in [-0.2, 0) is 0 Å². The first kappa shape index (κ1) is 23.1. The van der Waals surface area contributed by atoms with Crippen molar-refractivity contribution in [1.82, 2.24) is 0 Å². The molecule has 138 valence electrons. The summed E-state index contributed by atoms with van der Waals surface area (Å²) in [5, 5.41) is 10.0. The van der Waals surface area contributed by atoms with Gasteiger partial charge < -0.3 is 5.11 Å². The molecule has 0 aromatic rings. The molecule has 0 amide bonds. The lowest BCUT2D eigenvalue weighted by molar-refractivity contribution is 0.147. The highest BCUT2D eigenvalue weighted by atomic mass is 16.3. The molecule has 1 heteroatoms. The lowest BCUT2D eigenvalue weighted by Gasteiger charge is -2.10. The number of aliphatic hydroxyl groups is 1. The summed E-state index contributed by atoms with van der Waals surface area (Å²) in [5.41, 5.74) is 0. The molecule has 0 aromatic carbocycles. The van der Waals surface area contributed by atoms with Crippen LogP contribution in [0.3, 0.4) is 0 Å². The van der Waals surface area contributed by atoms with Crippen LogP contribution in [0, 0.1) is 24.7 Å². The molecule has 0 aromatic heterocycles. The van der Waals surface area contributed by atoms with E-state index >= 15 is 0 Å². The van der Waals surface area contributed by atoms with Crippen LogP contribution in [0.25, 0.3) is 0 Å². The zero-order valence-electron chi connectivity index (χ0n) is 15.9. The maximum Gasteiger partial charge on any atom is 0.0540 e. The Bertz CT molecular complexity index is 320. The first-order chi connectivity index (χ1) is 11.8. The molecule has 0 fully saturated rings. The summed E-state index contributed by atoms with van der Waals surface area (Å²) < 4.78 is 0. The summed E-state index contributed by atoms with van der Waals surface area (Å²) in [6.07, 6.45) is 31.9. The molecule has 0 aliphatic rings. The number of aliphatic hydroxyl groups excluding tert-OH is 1. The molecule has 24 heavy (non-hydrogen) atoms. The van der Waals surface area contributed by atoms with Crippen molar-refractivity contribution in [3.63, 3.8) is 0 Å². The van der Waals surface area contributed by atoms with E-state index < -0.39 is 0 Å². The van der Waals surface area contributed by atoms with E-state index in [0.29, 0.717) is 0 Å². The fourth-order valence-electron chi connectivity index (χ4n) is 3.13. The minimum absolute atomic E-state index is 0.0739. The number of hydrogen-bond acceptors (Lipinski definition) is 1. The quantitative estimate of drug-likeness (QED) is 0.220. The van der Waals surface area contributed by atoms with Crippen molar-refractivity contribution in [2.24, 2.45) is 0 Å². The predicted molar refractivity (Wildman–Crippen MR) is 107 cm³/mol. The summed E-state index contributed by atoms with van der Waals surface area (Å²) in [6.45, 7) is 0. The van der Waals surface area contributed by atoms with Gasteiger partial charge in [-0.1, -0.05) is 77.0 Å². The molecule has 1 unspecified atom stereocenters. The Labute approximate surface area is 152 Å². The number of rotatable bonds is 18. The molecule has 0 saturated heterocycles. The van der Waals surface area contributed by atoms with E-state index in [1.165, 1.54) is 89.9 Å². The van der Waals surface area contributed by atoms with E-state index in [9.17, 15) is 5.11 Å². The van der Waals surface area contributed by atoms with E-state index in [4.69, 9.17) is 12.8 Å². The van der Waals surface area contributed by atoms with Gasteiger partial charge in [0.2, 0.25) is 0 Å². The second-order valence-electron chi connectivity index (χ2n) is 7.09. The van der Waals surface area contributed by atoms with Crippen LogP contribution >= 0.6 is 0 Å². The molecule has 0 spiro atoms. The van der Waals surface area contributed by atoms with Gasteiger partial charge in [-0.25, -0.2) is 0 Å². The van der Waals surface area contributed by atoms with Gasteiger partial charge in [0.05, 0.1) is 6.10 Å². The molecule has 1 nitrogen and oxygen atoms in total. The van der Waals surface area contributed by atoms with E-state index in [0.717, 1.165) is 25.7 Å². The molecule has 0 aliphatic carbocycles. The van der Waals surface area contributed by atoms with E-state index in [2.05, 4.69) is 11.8 Å². The highest BCUT2D eigenvalue weighted by Gasteiger charge is 2.03. The van der Waals surface area contributed by atoms with Crippen LogP contribution in [0.2, 0.25) is 0 Å². The Morgan fingerprint density at radius 3 is 1.12 bits per heavy atom. The molecule has 0 saturated carbocycles. The first-order valence-corrected chi connectivity index (χ1v) is 10.4. The SMILES string of the molecule is C#CCCCCCCCCCCC(O)CCCCCCCCC#C. The molecular weight excluding hydrogens is 292 g/mol. The molecule has 1 atom stereocenters. The van der Waals surface area contributed by atoms with Crippen LogP contribution in [0.1, 0.15) is 116 Å². The van der Waals surface area contributed by atoms with Gasteiger partial charge in [0, 0.05) is 12.8 Å². The average molecular weight is 333 g/mol. The van der Waals surface area contributed by atoms with Crippen molar-refractivity contribution in [3.8, 4) is 24.7 Å². The minimum atomic E-state index is -0.0739. The Balaban J connectivity index is 3.15. The van der Waals surface area contributed by atoms with E-state index in [-0.39, 0.29) is 6.10 Å². The fourth-order valence-corrected chi connectivity index (χ4v) is 3.13. The summed E-state index contributed by atoms with van der Waals surface area (Å²) in [6, 6.07) is 0. The third-order valence-electron chi connectivity index (χ3n) is 4.72.